The van der Waals surface area contributed by atoms with Gasteiger partial charge in [0, 0.05) is 22.6 Å². The van der Waals surface area contributed by atoms with Gasteiger partial charge in [-0.05, 0) is 59.8 Å². The van der Waals surface area contributed by atoms with Crippen molar-refractivity contribution in [3.8, 4) is 0 Å². The molecule has 0 saturated carbocycles. The first-order chi connectivity index (χ1) is 14.9. The number of rotatable bonds is 5. The molecule has 2 aliphatic rings. The lowest BCUT2D eigenvalue weighted by atomic mass is 9.64. The van der Waals surface area contributed by atoms with Crippen molar-refractivity contribution in [3.63, 3.8) is 0 Å². The molecule has 1 unspecified atom stereocenters. The minimum Gasteiger partial charge on any atom is -0.256 e. The lowest BCUT2D eigenvalue weighted by molar-refractivity contribution is 0.524. The molecule has 0 bridgehead atoms. The molecule has 0 N–H and O–H groups in total. The summed E-state index contributed by atoms with van der Waals surface area (Å²) < 4.78 is 15.0. The first-order valence-electron chi connectivity index (χ1n) is 12.0. The molecular weight excluding hydrogens is 381 g/mol. The van der Waals surface area contributed by atoms with E-state index < -0.39 is 0 Å². The summed E-state index contributed by atoms with van der Waals surface area (Å²) in [5.41, 5.74) is 3.78. The van der Waals surface area contributed by atoms with Gasteiger partial charge in [-0.25, -0.2) is 4.39 Å². The zero-order chi connectivity index (χ0) is 22.6. The molecule has 1 nitrogen and oxygen atoms in total. The second-order valence-electron chi connectivity index (χ2n) is 9.50. The highest BCUT2D eigenvalue weighted by Gasteiger charge is 2.41. The van der Waals surface area contributed by atoms with E-state index in [1.165, 1.54) is 29.2 Å². The van der Waals surface area contributed by atoms with Gasteiger partial charge < -0.3 is 0 Å². The molecule has 2 aromatic rings. The monoisotopic (exact) mass is 419 g/mol. The molecule has 2 heteroatoms. The minimum absolute atomic E-state index is 0.0657. The zero-order valence-corrected chi connectivity index (χ0v) is 20.1. The van der Waals surface area contributed by atoms with Gasteiger partial charge >= 0.3 is 0 Å². The number of aromatic nitrogens is 1. The third-order valence-electron chi connectivity index (χ3n) is 7.06. The molecule has 0 amide bonds. The molecule has 1 aromatic heterocycles. The standard InChI is InChI=1S/C23H24FN.C6H14/c1-4-5-6-8-15-11-12-18(24)21-20(15)22-19-16(13-14-25-22)9-7-10-17(19)23(21,2)3;1-4-6(3)5-2/h5-7,9-10,12-15H,4,8,11H2,1-3H3;6H,4-5H2,1-3H3. The molecule has 0 spiro atoms. The van der Waals surface area contributed by atoms with Crippen LogP contribution in [0, 0.1) is 11.8 Å². The van der Waals surface area contributed by atoms with Crippen molar-refractivity contribution in [3.05, 3.63) is 71.3 Å². The predicted molar refractivity (Wildman–Crippen MR) is 133 cm³/mol. The number of hydrogen-bond acceptors (Lipinski definition) is 1. The van der Waals surface area contributed by atoms with Gasteiger partial charge in [-0.2, -0.15) is 0 Å². The topological polar surface area (TPSA) is 12.9 Å². The number of benzene rings is 1. The molecule has 166 valence electrons. The Kier molecular flexibility index (Phi) is 7.51. The highest BCUT2D eigenvalue weighted by molar-refractivity contribution is 6.00. The van der Waals surface area contributed by atoms with Crippen molar-refractivity contribution in [2.24, 2.45) is 11.8 Å². The molecule has 0 radical (unpaired) electrons. The van der Waals surface area contributed by atoms with E-state index in [-0.39, 0.29) is 11.2 Å². The Hall–Kier alpha value is -2.22. The number of nitrogens with zero attached hydrogens (tertiary/aromatic N) is 1. The molecule has 4 rings (SSSR count). The lowest BCUT2D eigenvalue weighted by Crippen LogP contribution is -2.30. The van der Waals surface area contributed by atoms with E-state index in [0.717, 1.165) is 42.0 Å². The minimum atomic E-state index is -0.349. The highest BCUT2D eigenvalue weighted by Crippen LogP contribution is 2.53. The third kappa shape index (κ3) is 4.54. The van der Waals surface area contributed by atoms with Crippen LogP contribution >= 0.6 is 0 Å². The van der Waals surface area contributed by atoms with Crippen molar-refractivity contribution in [2.45, 2.75) is 79.1 Å². The average molecular weight is 420 g/mol. The summed E-state index contributed by atoms with van der Waals surface area (Å²) in [6, 6.07) is 8.39. The van der Waals surface area contributed by atoms with Gasteiger partial charge in [0.15, 0.2) is 0 Å². The van der Waals surface area contributed by atoms with E-state index in [2.05, 4.69) is 78.0 Å². The van der Waals surface area contributed by atoms with Gasteiger partial charge in [0.1, 0.15) is 5.83 Å². The number of hydrogen-bond donors (Lipinski definition) is 0. The van der Waals surface area contributed by atoms with Gasteiger partial charge in [0.2, 0.25) is 0 Å². The van der Waals surface area contributed by atoms with Crippen LogP contribution in [-0.2, 0) is 5.41 Å². The second-order valence-corrected chi connectivity index (χ2v) is 9.50. The Balaban J connectivity index is 0.000000401. The van der Waals surface area contributed by atoms with Crippen molar-refractivity contribution in [1.29, 1.82) is 0 Å². The smallest absolute Gasteiger partial charge is 0.123 e. The summed E-state index contributed by atoms with van der Waals surface area (Å²) in [5.74, 6) is 1.16. The number of pyridine rings is 1. The van der Waals surface area contributed by atoms with Crippen LogP contribution in [0.15, 0.2) is 60.1 Å². The van der Waals surface area contributed by atoms with E-state index >= 15 is 4.39 Å². The molecule has 0 aliphatic heterocycles. The fourth-order valence-corrected chi connectivity index (χ4v) is 4.76. The van der Waals surface area contributed by atoms with Crippen LogP contribution in [0.1, 0.15) is 84.9 Å². The van der Waals surface area contributed by atoms with Gasteiger partial charge in [0.05, 0.1) is 5.69 Å². The Morgan fingerprint density at radius 2 is 1.87 bits per heavy atom. The first kappa shape index (κ1) is 23.4. The molecule has 0 fully saturated rings. The summed E-state index contributed by atoms with van der Waals surface area (Å²) in [4.78, 5) is 4.72. The van der Waals surface area contributed by atoms with Gasteiger partial charge in [-0.1, -0.05) is 84.7 Å². The van der Waals surface area contributed by atoms with E-state index in [1.807, 2.05) is 6.20 Å². The molecule has 1 aromatic carbocycles. The summed E-state index contributed by atoms with van der Waals surface area (Å²) >= 11 is 0. The zero-order valence-electron chi connectivity index (χ0n) is 20.1. The number of halogens is 1. The molecule has 1 heterocycles. The van der Waals surface area contributed by atoms with Crippen molar-refractivity contribution in [2.75, 3.05) is 0 Å². The summed E-state index contributed by atoms with van der Waals surface area (Å²) in [6.07, 6.45) is 13.4. The first-order valence-corrected chi connectivity index (χ1v) is 12.0. The molecule has 1 atom stereocenters. The van der Waals surface area contributed by atoms with Crippen LogP contribution in [-0.4, -0.2) is 4.98 Å². The fourth-order valence-electron chi connectivity index (χ4n) is 4.76. The van der Waals surface area contributed by atoms with Crippen molar-refractivity contribution < 1.29 is 4.39 Å². The summed E-state index contributed by atoms with van der Waals surface area (Å²) in [5, 5.41) is 2.40. The van der Waals surface area contributed by atoms with Crippen LogP contribution in [0.25, 0.3) is 16.3 Å². The van der Waals surface area contributed by atoms with Crippen LogP contribution in [0.2, 0.25) is 0 Å². The normalized spacial score (nSPS) is 19.4. The maximum atomic E-state index is 15.0. The second kappa shape index (κ2) is 9.94. The van der Waals surface area contributed by atoms with Crippen molar-refractivity contribution >= 4 is 16.3 Å². The quantitative estimate of drug-likeness (QED) is 0.441. The largest absolute Gasteiger partial charge is 0.256 e. The SMILES string of the molecule is CCC(C)CC.CCC=CCC1CC=C(F)C2=C1c1nccc3cccc(c13)C2(C)C. The Morgan fingerprint density at radius 3 is 2.52 bits per heavy atom. The average Bonchev–Trinajstić information content (AvgIpc) is 2.78. The Morgan fingerprint density at radius 1 is 1.13 bits per heavy atom. The van der Waals surface area contributed by atoms with Crippen molar-refractivity contribution in [1.82, 2.24) is 4.98 Å². The number of fused-ring (bicyclic) bond motifs is 1. The Bertz CT molecular complexity index is 999. The molecule has 0 saturated heterocycles. The number of allylic oxidation sites excluding steroid dienone is 6. The van der Waals surface area contributed by atoms with Gasteiger partial charge in [0.25, 0.3) is 0 Å². The van der Waals surface area contributed by atoms with Gasteiger partial charge in [-0.3, -0.25) is 4.98 Å². The van der Waals surface area contributed by atoms with Crippen LogP contribution in [0.5, 0.6) is 0 Å². The summed E-state index contributed by atoms with van der Waals surface area (Å²) in [6.45, 7) is 13.2. The van der Waals surface area contributed by atoms with Crippen LogP contribution in [0.4, 0.5) is 4.39 Å². The predicted octanol–water partition coefficient (Wildman–Crippen LogP) is 8.95. The van der Waals surface area contributed by atoms with Crippen LogP contribution in [0.3, 0.4) is 0 Å². The fraction of sp³-hybridized carbons (Fsp3) is 0.483. The maximum absolute atomic E-state index is 15.0. The maximum Gasteiger partial charge on any atom is 0.123 e. The molecule has 2 aliphatic carbocycles. The molecule has 31 heavy (non-hydrogen) atoms. The molecular formula is C29H38FN. The summed E-state index contributed by atoms with van der Waals surface area (Å²) in [7, 11) is 0. The van der Waals surface area contributed by atoms with E-state index in [4.69, 9.17) is 4.98 Å². The van der Waals surface area contributed by atoms with E-state index in [9.17, 15) is 0 Å². The van der Waals surface area contributed by atoms with E-state index in [1.54, 1.807) is 6.08 Å². The Labute approximate surface area is 188 Å². The van der Waals surface area contributed by atoms with Crippen LogP contribution < -0.4 is 0 Å². The van der Waals surface area contributed by atoms with Gasteiger partial charge in [-0.15, -0.1) is 0 Å². The third-order valence-corrected chi connectivity index (χ3v) is 7.06. The van der Waals surface area contributed by atoms with E-state index in [0.29, 0.717) is 5.92 Å². The lowest BCUT2D eigenvalue weighted by Gasteiger charge is -2.40. The highest BCUT2D eigenvalue weighted by atomic mass is 19.1.